The Morgan fingerprint density at radius 2 is 1.67 bits per heavy atom. The molecule has 1 nitrogen and oxygen atoms in total. The van der Waals surface area contributed by atoms with Gasteiger partial charge in [0.05, 0.1) is 0 Å². The topological polar surface area (TPSA) is 3.24 Å². The van der Waals surface area contributed by atoms with Crippen LogP contribution in [0.25, 0.3) is 0 Å². The van der Waals surface area contributed by atoms with Gasteiger partial charge in [-0.15, -0.1) is 0 Å². The first kappa shape index (κ1) is 8.54. The Morgan fingerprint density at radius 3 is 2.27 bits per heavy atom. The molecule has 2 aromatic rings. The number of nitrogens with zero attached hydrogens (tertiary/aromatic N) is 1. The Kier molecular flexibility index (Phi) is 1.95. The van der Waals surface area contributed by atoms with E-state index >= 15 is 0 Å². The maximum Gasteiger partial charge on any atom is 0.0436 e. The van der Waals surface area contributed by atoms with E-state index in [1.807, 2.05) is 18.2 Å². The molecule has 2 aromatic carbocycles. The molecule has 15 heavy (non-hydrogen) atoms. The van der Waals surface area contributed by atoms with Gasteiger partial charge in [-0.3, -0.25) is 0 Å². The van der Waals surface area contributed by atoms with Gasteiger partial charge in [-0.2, -0.15) is 0 Å². The second-order valence-electron chi connectivity index (χ2n) is 3.89. The zero-order chi connectivity index (χ0) is 10.1. The van der Waals surface area contributed by atoms with Gasteiger partial charge in [-0.25, -0.2) is 0 Å². The fraction of sp³-hybridized carbons (Fsp3) is 0.143. The van der Waals surface area contributed by atoms with Gasteiger partial charge in [-0.1, -0.05) is 36.4 Å². The molecule has 1 aliphatic heterocycles. The van der Waals surface area contributed by atoms with Gasteiger partial charge >= 0.3 is 0 Å². The maximum atomic E-state index is 3.12. The highest BCUT2D eigenvalue weighted by atomic mass is 15.1. The molecule has 1 heteroatoms. The van der Waals surface area contributed by atoms with Crippen molar-refractivity contribution in [3.8, 4) is 0 Å². The normalized spacial score (nSPS) is 14.0. The minimum Gasteiger partial charge on any atom is -0.363 e. The lowest BCUT2D eigenvalue weighted by Gasteiger charge is -2.16. The van der Waals surface area contributed by atoms with Gasteiger partial charge in [0.15, 0.2) is 0 Å². The quantitative estimate of drug-likeness (QED) is 0.674. The first-order chi connectivity index (χ1) is 7.43. The van der Waals surface area contributed by atoms with E-state index < -0.39 is 0 Å². The summed E-state index contributed by atoms with van der Waals surface area (Å²) in [4.78, 5) is 2.38. The molecule has 1 radical (unpaired) electrons. The van der Waals surface area contributed by atoms with Crippen LogP contribution in [-0.4, -0.2) is 0 Å². The molecule has 0 aliphatic carbocycles. The van der Waals surface area contributed by atoms with Crippen molar-refractivity contribution < 1.29 is 0 Å². The van der Waals surface area contributed by atoms with Crippen LogP contribution >= 0.6 is 0 Å². The second kappa shape index (κ2) is 3.43. The highest BCUT2D eigenvalue weighted by Gasteiger charge is 2.17. The van der Waals surface area contributed by atoms with E-state index in [2.05, 4.69) is 41.3 Å². The van der Waals surface area contributed by atoms with Crippen LogP contribution in [-0.2, 0) is 13.1 Å². The molecule has 0 spiro atoms. The smallest absolute Gasteiger partial charge is 0.0436 e. The van der Waals surface area contributed by atoms with Crippen molar-refractivity contribution in [1.29, 1.82) is 0 Å². The van der Waals surface area contributed by atoms with Crippen molar-refractivity contribution in [1.82, 2.24) is 0 Å². The van der Waals surface area contributed by atoms with Crippen LogP contribution in [0.1, 0.15) is 11.1 Å². The number of hydrogen-bond donors (Lipinski definition) is 0. The van der Waals surface area contributed by atoms with Gasteiger partial charge < -0.3 is 4.90 Å². The van der Waals surface area contributed by atoms with Crippen LogP contribution in [0.3, 0.4) is 0 Å². The Hall–Kier alpha value is -1.76. The molecule has 0 saturated heterocycles. The molecular formula is C14H12N. The zero-order valence-corrected chi connectivity index (χ0v) is 8.48. The zero-order valence-electron chi connectivity index (χ0n) is 8.48. The SMILES string of the molecule is [c]1cccc(N2Cc3ccccc3C2)c1. The Balaban J connectivity index is 1.91. The predicted molar refractivity (Wildman–Crippen MR) is 61.6 cm³/mol. The number of benzene rings is 2. The summed E-state index contributed by atoms with van der Waals surface area (Å²) in [5.41, 5.74) is 4.15. The Labute approximate surface area is 90.0 Å². The molecule has 3 rings (SSSR count). The van der Waals surface area contributed by atoms with E-state index in [0.29, 0.717) is 0 Å². The molecule has 0 bridgehead atoms. The first-order valence-electron chi connectivity index (χ1n) is 5.21. The third kappa shape index (κ3) is 1.50. The molecular weight excluding hydrogens is 182 g/mol. The summed E-state index contributed by atoms with van der Waals surface area (Å²) >= 11 is 0. The lowest BCUT2D eigenvalue weighted by molar-refractivity contribution is 0.880. The number of anilines is 1. The fourth-order valence-corrected chi connectivity index (χ4v) is 2.10. The minimum absolute atomic E-state index is 1.02. The van der Waals surface area contributed by atoms with Crippen LogP contribution in [0.2, 0.25) is 0 Å². The summed E-state index contributed by atoms with van der Waals surface area (Å²) in [6.45, 7) is 2.04. The second-order valence-corrected chi connectivity index (χ2v) is 3.89. The predicted octanol–water partition coefficient (Wildman–Crippen LogP) is 3.01. The molecule has 1 heterocycles. The summed E-state index contributed by atoms with van der Waals surface area (Å²) in [7, 11) is 0. The van der Waals surface area contributed by atoms with Crippen LogP contribution in [0, 0.1) is 6.07 Å². The molecule has 0 unspecified atom stereocenters. The van der Waals surface area contributed by atoms with Gasteiger partial charge in [0, 0.05) is 18.8 Å². The van der Waals surface area contributed by atoms with E-state index in [-0.39, 0.29) is 0 Å². The molecule has 0 saturated carbocycles. The molecule has 73 valence electrons. The van der Waals surface area contributed by atoms with Gasteiger partial charge in [-0.05, 0) is 29.3 Å². The lowest BCUT2D eigenvalue weighted by Crippen LogP contribution is -2.13. The van der Waals surface area contributed by atoms with E-state index in [1.165, 1.54) is 16.8 Å². The first-order valence-corrected chi connectivity index (χ1v) is 5.21. The molecule has 0 atom stereocenters. The monoisotopic (exact) mass is 194 g/mol. The number of hydrogen-bond acceptors (Lipinski definition) is 1. The lowest BCUT2D eigenvalue weighted by atomic mass is 10.1. The minimum atomic E-state index is 1.02. The average Bonchev–Trinajstić information content (AvgIpc) is 2.74. The van der Waals surface area contributed by atoms with Gasteiger partial charge in [0.25, 0.3) is 0 Å². The van der Waals surface area contributed by atoms with E-state index in [1.54, 1.807) is 0 Å². The van der Waals surface area contributed by atoms with Crippen molar-refractivity contribution in [3.63, 3.8) is 0 Å². The van der Waals surface area contributed by atoms with Crippen LogP contribution in [0.15, 0.2) is 48.5 Å². The Bertz CT molecular complexity index is 437. The van der Waals surface area contributed by atoms with Gasteiger partial charge in [0.2, 0.25) is 0 Å². The highest BCUT2D eigenvalue weighted by Crippen LogP contribution is 2.27. The molecule has 0 amide bonds. The van der Waals surface area contributed by atoms with Crippen molar-refractivity contribution in [2.75, 3.05) is 4.90 Å². The van der Waals surface area contributed by atoms with Crippen LogP contribution < -0.4 is 4.90 Å². The van der Waals surface area contributed by atoms with E-state index in [4.69, 9.17) is 0 Å². The fourth-order valence-electron chi connectivity index (χ4n) is 2.10. The van der Waals surface area contributed by atoms with E-state index in [0.717, 1.165) is 13.1 Å². The molecule has 1 aliphatic rings. The van der Waals surface area contributed by atoms with Crippen LogP contribution in [0.4, 0.5) is 5.69 Å². The largest absolute Gasteiger partial charge is 0.363 e. The summed E-state index contributed by atoms with van der Waals surface area (Å²) < 4.78 is 0. The van der Waals surface area contributed by atoms with E-state index in [9.17, 15) is 0 Å². The summed E-state index contributed by atoms with van der Waals surface area (Å²) in [5.74, 6) is 0. The average molecular weight is 194 g/mol. The maximum absolute atomic E-state index is 3.12. The Morgan fingerprint density at radius 1 is 0.933 bits per heavy atom. The van der Waals surface area contributed by atoms with Gasteiger partial charge in [0.1, 0.15) is 0 Å². The van der Waals surface area contributed by atoms with Crippen LogP contribution in [0.5, 0.6) is 0 Å². The summed E-state index contributed by atoms with van der Waals surface area (Å²) in [6, 6.07) is 19.9. The molecule has 0 N–H and O–H groups in total. The number of rotatable bonds is 1. The summed E-state index contributed by atoms with van der Waals surface area (Å²) in [6.07, 6.45) is 0. The molecule has 0 aromatic heterocycles. The summed E-state index contributed by atoms with van der Waals surface area (Å²) in [5, 5.41) is 0. The van der Waals surface area contributed by atoms with Crippen molar-refractivity contribution in [2.45, 2.75) is 13.1 Å². The van der Waals surface area contributed by atoms with Crippen molar-refractivity contribution in [2.24, 2.45) is 0 Å². The van der Waals surface area contributed by atoms with Crippen molar-refractivity contribution in [3.05, 3.63) is 65.7 Å². The number of fused-ring (bicyclic) bond motifs is 1. The standard InChI is InChI=1S/C14H12N/c1-2-8-14(9-3-1)15-10-12-6-4-5-7-13(12)11-15/h1-2,4-9H,10-11H2. The van der Waals surface area contributed by atoms with Crippen molar-refractivity contribution >= 4 is 5.69 Å². The third-order valence-electron chi connectivity index (χ3n) is 2.90. The highest BCUT2D eigenvalue weighted by molar-refractivity contribution is 5.51. The third-order valence-corrected chi connectivity index (χ3v) is 2.90. The molecule has 0 fully saturated rings.